The molecule has 0 bridgehead atoms. The summed E-state index contributed by atoms with van der Waals surface area (Å²) in [5.74, 6) is 0.0756. The lowest BCUT2D eigenvalue weighted by Crippen LogP contribution is -2.30. The Hall–Kier alpha value is -0.650. The lowest BCUT2D eigenvalue weighted by Gasteiger charge is -2.10. The van der Waals surface area contributed by atoms with Gasteiger partial charge in [0, 0.05) is 33.2 Å². The third kappa shape index (κ3) is 7.31. The van der Waals surface area contributed by atoms with Crippen molar-refractivity contribution < 1.29 is 14.3 Å². The highest BCUT2D eigenvalue weighted by molar-refractivity contribution is 5.75. The van der Waals surface area contributed by atoms with E-state index in [9.17, 15) is 4.79 Å². The predicted molar refractivity (Wildman–Crippen MR) is 66.0 cm³/mol. The van der Waals surface area contributed by atoms with Crippen LogP contribution in [0.3, 0.4) is 0 Å². The fourth-order valence-electron chi connectivity index (χ4n) is 1.84. The van der Waals surface area contributed by atoms with Crippen molar-refractivity contribution in [2.75, 3.05) is 40.0 Å². The Morgan fingerprint density at radius 3 is 3.00 bits per heavy atom. The van der Waals surface area contributed by atoms with Gasteiger partial charge < -0.3 is 20.1 Å². The molecule has 0 aliphatic carbocycles. The van der Waals surface area contributed by atoms with E-state index in [1.54, 1.807) is 7.11 Å². The van der Waals surface area contributed by atoms with E-state index in [-0.39, 0.29) is 5.91 Å². The molecule has 1 rings (SSSR count). The second kappa shape index (κ2) is 9.39. The van der Waals surface area contributed by atoms with Crippen molar-refractivity contribution >= 4 is 5.91 Å². The Balaban J connectivity index is 1.84. The van der Waals surface area contributed by atoms with Crippen LogP contribution in [-0.2, 0) is 14.3 Å². The monoisotopic (exact) mass is 244 g/mol. The van der Waals surface area contributed by atoms with E-state index in [1.807, 2.05) is 0 Å². The van der Waals surface area contributed by atoms with Crippen LogP contribution in [0.2, 0.25) is 0 Å². The molecule has 5 nitrogen and oxygen atoms in total. The van der Waals surface area contributed by atoms with Crippen LogP contribution in [0.5, 0.6) is 0 Å². The number of methoxy groups -OCH3 is 1. The number of carbonyl (C=O) groups is 1. The van der Waals surface area contributed by atoms with Crippen molar-refractivity contribution in [3.63, 3.8) is 0 Å². The minimum atomic E-state index is 0.0756. The molecule has 0 aromatic rings. The lowest BCUT2D eigenvalue weighted by molar-refractivity contribution is -0.121. The number of carbonyl (C=O) groups excluding carboxylic acids is 1. The van der Waals surface area contributed by atoms with Crippen LogP contribution in [0, 0.1) is 0 Å². The normalized spacial score (nSPS) is 19.5. The average Bonchev–Trinajstić information content (AvgIpc) is 2.82. The number of nitrogens with one attached hydrogen (secondary N) is 2. The highest BCUT2D eigenvalue weighted by Gasteiger charge is 2.14. The number of ether oxygens (including phenoxy) is 2. The van der Waals surface area contributed by atoms with Gasteiger partial charge in [0.15, 0.2) is 0 Å². The van der Waals surface area contributed by atoms with Crippen LogP contribution in [0.4, 0.5) is 0 Å². The molecule has 1 amide bonds. The Morgan fingerprint density at radius 1 is 1.41 bits per heavy atom. The van der Waals surface area contributed by atoms with Crippen molar-refractivity contribution in [2.45, 2.75) is 31.8 Å². The first-order valence-corrected chi connectivity index (χ1v) is 6.41. The fourth-order valence-corrected chi connectivity index (χ4v) is 1.84. The highest BCUT2D eigenvalue weighted by Crippen LogP contribution is 2.14. The third-order valence-electron chi connectivity index (χ3n) is 2.82. The molecule has 0 spiro atoms. The van der Waals surface area contributed by atoms with Gasteiger partial charge in [0.2, 0.25) is 5.91 Å². The Labute approximate surface area is 103 Å². The zero-order valence-electron chi connectivity index (χ0n) is 10.7. The zero-order valence-corrected chi connectivity index (χ0v) is 10.7. The summed E-state index contributed by atoms with van der Waals surface area (Å²) in [6, 6.07) is 0. The maximum atomic E-state index is 11.3. The van der Waals surface area contributed by atoms with Gasteiger partial charge in [-0.05, 0) is 25.8 Å². The van der Waals surface area contributed by atoms with E-state index in [2.05, 4.69) is 10.6 Å². The number of hydrogen-bond acceptors (Lipinski definition) is 4. The zero-order chi connectivity index (χ0) is 12.3. The van der Waals surface area contributed by atoms with E-state index < -0.39 is 0 Å². The molecule has 0 saturated carbocycles. The highest BCUT2D eigenvalue weighted by atomic mass is 16.5. The molecule has 1 aliphatic heterocycles. The molecule has 1 heterocycles. The largest absolute Gasteiger partial charge is 0.383 e. The van der Waals surface area contributed by atoms with Crippen LogP contribution >= 0.6 is 0 Å². The molecule has 0 aromatic heterocycles. The van der Waals surface area contributed by atoms with Gasteiger partial charge in [0.1, 0.15) is 0 Å². The summed E-state index contributed by atoms with van der Waals surface area (Å²) in [6.07, 6.45) is 4.37. The Morgan fingerprint density at radius 2 is 2.29 bits per heavy atom. The van der Waals surface area contributed by atoms with Gasteiger partial charge >= 0.3 is 0 Å². The molecular formula is C12H24N2O3. The summed E-state index contributed by atoms with van der Waals surface area (Å²) in [5.41, 5.74) is 0. The molecule has 100 valence electrons. The van der Waals surface area contributed by atoms with Crippen LogP contribution in [0.15, 0.2) is 0 Å². The molecule has 2 N–H and O–H groups in total. The van der Waals surface area contributed by atoms with E-state index in [1.165, 1.54) is 12.8 Å². The van der Waals surface area contributed by atoms with Gasteiger partial charge in [-0.1, -0.05) is 0 Å². The van der Waals surface area contributed by atoms with Crippen molar-refractivity contribution in [3.8, 4) is 0 Å². The number of amides is 1. The SMILES string of the molecule is COCCNC(=O)CCNCCC1CCCO1. The summed E-state index contributed by atoms with van der Waals surface area (Å²) in [4.78, 5) is 11.3. The predicted octanol–water partition coefficient (Wildman–Crippen LogP) is 0.298. The molecule has 1 fully saturated rings. The molecule has 5 heteroatoms. The first-order valence-electron chi connectivity index (χ1n) is 6.41. The smallest absolute Gasteiger partial charge is 0.221 e. The number of hydrogen-bond donors (Lipinski definition) is 2. The first-order chi connectivity index (χ1) is 8.33. The van der Waals surface area contributed by atoms with Gasteiger partial charge in [0.25, 0.3) is 0 Å². The molecule has 0 aromatic carbocycles. The quantitative estimate of drug-likeness (QED) is 0.573. The third-order valence-corrected chi connectivity index (χ3v) is 2.82. The molecule has 1 aliphatic rings. The minimum Gasteiger partial charge on any atom is -0.383 e. The Bertz CT molecular complexity index is 206. The van der Waals surface area contributed by atoms with Crippen molar-refractivity contribution in [1.29, 1.82) is 0 Å². The van der Waals surface area contributed by atoms with Crippen LogP contribution in [0.1, 0.15) is 25.7 Å². The van der Waals surface area contributed by atoms with Crippen molar-refractivity contribution in [2.24, 2.45) is 0 Å². The molecule has 1 atom stereocenters. The van der Waals surface area contributed by atoms with Gasteiger partial charge in [-0.2, -0.15) is 0 Å². The standard InChI is InChI=1S/C12H24N2O3/c1-16-10-8-14-12(15)5-7-13-6-4-11-3-2-9-17-11/h11,13H,2-10H2,1H3,(H,14,15). The van der Waals surface area contributed by atoms with Crippen molar-refractivity contribution in [3.05, 3.63) is 0 Å². The molecule has 0 radical (unpaired) electrons. The van der Waals surface area contributed by atoms with Crippen molar-refractivity contribution in [1.82, 2.24) is 10.6 Å². The van der Waals surface area contributed by atoms with Crippen LogP contribution in [-0.4, -0.2) is 52.0 Å². The molecular weight excluding hydrogens is 220 g/mol. The second-order valence-electron chi connectivity index (χ2n) is 4.27. The molecule has 1 unspecified atom stereocenters. The summed E-state index contributed by atoms with van der Waals surface area (Å²) in [7, 11) is 1.62. The van der Waals surface area contributed by atoms with E-state index in [0.717, 1.165) is 26.1 Å². The maximum absolute atomic E-state index is 11.3. The summed E-state index contributed by atoms with van der Waals surface area (Å²) in [6.45, 7) is 3.72. The minimum absolute atomic E-state index is 0.0756. The fraction of sp³-hybridized carbons (Fsp3) is 0.917. The summed E-state index contributed by atoms with van der Waals surface area (Å²) in [5, 5.41) is 6.05. The van der Waals surface area contributed by atoms with E-state index in [0.29, 0.717) is 25.7 Å². The summed E-state index contributed by atoms with van der Waals surface area (Å²) < 4.78 is 10.4. The van der Waals surface area contributed by atoms with Crippen LogP contribution < -0.4 is 10.6 Å². The van der Waals surface area contributed by atoms with E-state index in [4.69, 9.17) is 9.47 Å². The van der Waals surface area contributed by atoms with Gasteiger partial charge in [0.05, 0.1) is 12.7 Å². The summed E-state index contributed by atoms with van der Waals surface area (Å²) >= 11 is 0. The molecule has 1 saturated heterocycles. The first kappa shape index (κ1) is 14.4. The van der Waals surface area contributed by atoms with Gasteiger partial charge in [-0.25, -0.2) is 0 Å². The molecule has 17 heavy (non-hydrogen) atoms. The maximum Gasteiger partial charge on any atom is 0.221 e. The van der Waals surface area contributed by atoms with Crippen LogP contribution in [0.25, 0.3) is 0 Å². The van der Waals surface area contributed by atoms with Gasteiger partial charge in [-0.3, -0.25) is 4.79 Å². The second-order valence-corrected chi connectivity index (χ2v) is 4.27. The Kier molecular flexibility index (Phi) is 7.96. The topological polar surface area (TPSA) is 59.6 Å². The van der Waals surface area contributed by atoms with Gasteiger partial charge in [-0.15, -0.1) is 0 Å². The lowest BCUT2D eigenvalue weighted by atomic mass is 10.2. The number of rotatable bonds is 9. The van der Waals surface area contributed by atoms with E-state index >= 15 is 0 Å². The average molecular weight is 244 g/mol.